The number of hydrogen-bond donors (Lipinski definition) is 2. The van der Waals surface area contributed by atoms with Crippen molar-refractivity contribution in [1.29, 1.82) is 0 Å². The predicted octanol–water partition coefficient (Wildman–Crippen LogP) is 4.69. The van der Waals surface area contributed by atoms with E-state index in [4.69, 9.17) is 0 Å². The van der Waals surface area contributed by atoms with Crippen molar-refractivity contribution in [3.8, 4) is 0 Å². The molecule has 2 heterocycles. The fraction of sp³-hybridized carbons (Fsp3) is 0.444. The molecule has 4 rings (SSSR count). The van der Waals surface area contributed by atoms with Crippen LogP contribution in [0.5, 0.6) is 0 Å². The number of halogens is 3. The molecule has 0 aliphatic carbocycles. The molecule has 2 aromatic rings. The second-order valence-corrected chi connectivity index (χ2v) is 9.50. The third-order valence-electron chi connectivity index (χ3n) is 6.80. The van der Waals surface area contributed by atoms with Gasteiger partial charge in [-0.2, -0.15) is 13.2 Å². The first kappa shape index (κ1) is 26.7. The van der Waals surface area contributed by atoms with E-state index < -0.39 is 23.6 Å². The van der Waals surface area contributed by atoms with Crippen molar-refractivity contribution in [3.05, 3.63) is 59.2 Å². The molecule has 2 aliphatic rings. The van der Waals surface area contributed by atoms with E-state index in [0.29, 0.717) is 31.5 Å². The van der Waals surface area contributed by atoms with Crippen LogP contribution >= 0.6 is 0 Å². The Hall–Kier alpha value is -3.40. The minimum Gasteiger partial charge on any atom is -0.349 e. The monoisotopic (exact) mass is 516 g/mol. The highest BCUT2D eigenvalue weighted by Gasteiger charge is 2.32. The molecule has 10 heteroatoms. The molecule has 0 spiro atoms. The van der Waals surface area contributed by atoms with Gasteiger partial charge in [0, 0.05) is 43.3 Å². The number of hydrogen-bond acceptors (Lipinski definition) is 4. The van der Waals surface area contributed by atoms with Gasteiger partial charge in [-0.3, -0.25) is 14.4 Å². The number of benzene rings is 2. The third kappa shape index (κ3) is 6.49. The van der Waals surface area contributed by atoms with E-state index >= 15 is 0 Å². The molecule has 2 aliphatic heterocycles. The van der Waals surface area contributed by atoms with Crippen LogP contribution in [0.4, 0.5) is 24.5 Å². The van der Waals surface area contributed by atoms with Gasteiger partial charge in [-0.1, -0.05) is 13.0 Å². The number of anilines is 2. The average Bonchev–Trinajstić information content (AvgIpc) is 3.30. The highest BCUT2D eigenvalue weighted by atomic mass is 19.4. The standard InChI is InChI=1S/C27H31F3N4O3/c1-2-12-33-14-10-20(11-15-33)31-26(37)22-17-19(27(28,29)30)8-9-23(22)32-25(36)18-5-3-6-21(16-18)34-13-4-7-24(34)35/h3,5-6,8-9,16-17,20H,2,4,7,10-15H2,1H3,(H,31,37)(H,32,36). The minimum atomic E-state index is -4.64. The molecule has 0 saturated carbocycles. The van der Waals surface area contributed by atoms with Crippen LogP contribution in [-0.2, 0) is 11.0 Å². The van der Waals surface area contributed by atoms with E-state index in [1.54, 1.807) is 29.2 Å². The fourth-order valence-electron chi connectivity index (χ4n) is 4.83. The Bertz CT molecular complexity index is 1160. The SMILES string of the molecule is CCCN1CCC(NC(=O)c2cc(C(F)(F)F)ccc2NC(=O)c2cccc(N3CCCC3=O)c2)CC1. The largest absolute Gasteiger partial charge is 0.416 e. The van der Waals surface area contributed by atoms with Crippen molar-refractivity contribution in [1.82, 2.24) is 10.2 Å². The summed E-state index contributed by atoms with van der Waals surface area (Å²) < 4.78 is 40.3. The van der Waals surface area contributed by atoms with Gasteiger partial charge in [0.2, 0.25) is 5.91 Å². The molecule has 0 unspecified atom stereocenters. The molecule has 0 aromatic heterocycles. The van der Waals surface area contributed by atoms with Gasteiger partial charge in [-0.25, -0.2) is 0 Å². The lowest BCUT2D eigenvalue weighted by Gasteiger charge is -2.32. The van der Waals surface area contributed by atoms with E-state index in [1.165, 1.54) is 0 Å². The van der Waals surface area contributed by atoms with Crippen molar-refractivity contribution < 1.29 is 27.6 Å². The number of rotatable bonds is 7. The van der Waals surface area contributed by atoms with Crippen molar-refractivity contribution in [3.63, 3.8) is 0 Å². The van der Waals surface area contributed by atoms with Crippen LogP contribution in [0.3, 0.4) is 0 Å². The summed E-state index contributed by atoms with van der Waals surface area (Å²) in [6.07, 6.45) is -1.03. The molecule has 0 bridgehead atoms. The summed E-state index contributed by atoms with van der Waals surface area (Å²) in [6, 6.07) is 9.04. The number of nitrogens with one attached hydrogen (secondary N) is 2. The Labute approximate surface area is 214 Å². The topological polar surface area (TPSA) is 81.8 Å². The molecule has 2 saturated heterocycles. The van der Waals surface area contributed by atoms with E-state index in [0.717, 1.165) is 50.7 Å². The van der Waals surface area contributed by atoms with E-state index in [2.05, 4.69) is 22.5 Å². The molecule has 2 fully saturated rings. The van der Waals surface area contributed by atoms with Crippen molar-refractivity contribution in [2.24, 2.45) is 0 Å². The maximum Gasteiger partial charge on any atom is 0.416 e. The van der Waals surface area contributed by atoms with Crippen LogP contribution in [0.2, 0.25) is 0 Å². The Morgan fingerprint density at radius 2 is 1.78 bits per heavy atom. The summed E-state index contributed by atoms with van der Waals surface area (Å²) in [7, 11) is 0. The summed E-state index contributed by atoms with van der Waals surface area (Å²) in [5.41, 5.74) is -0.420. The number of likely N-dealkylation sites (tertiary alicyclic amines) is 1. The molecule has 2 N–H and O–H groups in total. The first-order valence-corrected chi connectivity index (χ1v) is 12.6. The lowest BCUT2D eigenvalue weighted by molar-refractivity contribution is -0.137. The van der Waals surface area contributed by atoms with Gasteiger partial charge < -0.3 is 20.4 Å². The van der Waals surface area contributed by atoms with E-state index in [1.807, 2.05) is 0 Å². The Morgan fingerprint density at radius 3 is 2.43 bits per heavy atom. The number of carbonyl (C=O) groups is 3. The lowest BCUT2D eigenvalue weighted by Crippen LogP contribution is -2.45. The van der Waals surface area contributed by atoms with Crippen LogP contribution in [0, 0.1) is 0 Å². The summed E-state index contributed by atoms with van der Waals surface area (Å²) in [5.74, 6) is -1.28. The average molecular weight is 517 g/mol. The highest BCUT2D eigenvalue weighted by molar-refractivity contribution is 6.10. The second-order valence-electron chi connectivity index (χ2n) is 9.50. The minimum absolute atomic E-state index is 0.0124. The van der Waals surface area contributed by atoms with Crippen LogP contribution in [0.15, 0.2) is 42.5 Å². The maximum absolute atomic E-state index is 13.4. The summed E-state index contributed by atoms with van der Waals surface area (Å²) in [6.45, 7) is 5.24. The quantitative estimate of drug-likeness (QED) is 0.560. The molecular weight excluding hydrogens is 485 g/mol. The normalized spacial score (nSPS) is 17.2. The fourth-order valence-corrected chi connectivity index (χ4v) is 4.83. The zero-order valence-corrected chi connectivity index (χ0v) is 20.7. The molecule has 2 aromatic carbocycles. The number of carbonyl (C=O) groups excluding carboxylic acids is 3. The van der Waals surface area contributed by atoms with Crippen molar-refractivity contribution >= 4 is 29.1 Å². The Morgan fingerprint density at radius 1 is 1.03 bits per heavy atom. The smallest absolute Gasteiger partial charge is 0.349 e. The van der Waals surface area contributed by atoms with E-state index in [9.17, 15) is 27.6 Å². The van der Waals surface area contributed by atoms with Gasteiger partial charge in [0.05, 0.1) is 16.8 Å². The molecule has 0 radical (unpaired) electrons. The molecule has 7 nitrogen and oxygen atoms in total. The summed E-state index contributed by atoms with van der Waals surface area (Å²) in [4.78, 5) is 42.1. The van der Waals surface area contributed by atoms with Crippen LogP contribution in [-0.4, -0.2) is 54.8 Å². The zero-order valence-electron chi connectivity index (χ0n) is 20.7. The van der Waals surface area contributed by atoms with Crippen molar-refractivity contribution in [2.45, 2.75) is 51.2 Å². The van der Waals surface area contributed by atoms with Gasteiger partial charge >= 0.3 is 6.18 Å². The Kier molecular flexibility index (Phi) is 8.16. The van der Waals surface area contributed by atoms with Gasteiger partial charge in [0.15, 0.2) is 0 Å². The first-order chi connectivity index (χ1) is 17.7. The molecule has 198 valence electrons. The lowest BCUT2D eigenvalue weighted by atomic mass is 10.0. The molecular formula is C27H31F3N4O3. The molecule has 0 atom stereocenters. The summed E-state index contributed by atoms with van der Waals surface area (Å²) >= 11 is 0. The van der Waals surface area contributed by atoms with Crippen LogP contribution < -0.4 is 15.5 Å². The van der Waals surface area contributed by atoms with Gasteiger partial charge in [0.1, 0.15) is 0 Å². The third-order valence-corrected chi connectivity index (χ3v) is 6.80. The van der Waals surface area contributed by atoms with Gasteiger partial charge in [0.25, 0.3) is 11.8 Å². The first-order valence-electron chi connectivity index (χ1n) is 12.6. The maximum atomic E-state index is 13.4. The van der Waals surface area contributed by atoms with Gasteiger partial charge in [-0.15, -0.1) is 0 Å². The molecule has 3 amide bonds. The van der Waals surface area contributed by atoms with Crippen LogP contribution in [0.25, 0.3) is 0 Å². The number of alkyl halides is 3. The Balaban J connectivity index is 1.53. The highest BCUT2D eigenvalue weighted by Crippen LogP contribution is 2.32. The van der Waals surface area contributed by atoms with E-state index in [-0.39, 0.29) is 28.8 Å². The van der Waals surface area contributed by atoms with Crippen molar-refractivity contribution in [2.75, 3.05) is 36.4 Å². The van der Waals surface area contributed by atoms with Gasteiger partial charge in [-0.05, 0) is 68.6 Å². The zero-order chi connectivity index (χ0) is 26.6. The number of piperidine rings is 1. The second kappa shape index (κ2) is 11.3. The van der Waals surface area contributed by atoms with Crippen LogP contribution in [0.1, 0.15) is 65.3 Å². The molecule has 37 heavy (non-hydrogen) atoms. The number of amides is 3. The summed E-state index contributed by atoms with van der Waals surface area (Å²) in [5, 5.41) is 5.45. The predicted molar refractivity (Wildman–Crippen MR) is 135 cm³/mol. The number of nitrogens with zero attached hydrogens (tertiary/aromatic N) is 2.